The van der Waals surface area contributed by atoms with E-state index in [4.69, 9.17) is 11.6 Å². The average molecular weight is 334 g/mol. The summed E-state index contributed by atoms with van der Waals surface area (Å²) >= 11 is 9.03. The first kappa shape index (κ1) is 13.5. The van der Waals surface area contributed by atoms with E-state index in [1.165, 1.54) is 12.1 Å². The maximum absolute atomic E-state index is 13.5. The summed E-state index contributed by atoms with van der Waals surface area (Å²) in [4.78, 5) is 0. The van der Waals surface area contributed by atoms with Crippen LogP contribution in [0.2, 0.25) is 5.02 Å². The van der Waals surface area contributed by atoms with Gasteiger partial charge < -0.3 is 5.11 Å². The minimum Gasteiger partial charge on any atom is -0.384 e. The molecule has 0 fully saturated rings. The number of benzene rings is 2. The Bertz CT molecular complexity index is 589. The molecule has 2 rings (SSSR count). The molecule has 0 saturated carbocycles. The van der Waals surface area contributed by atoms with Crippen LogP contribution in [0.25, 0.3) is 0 Å². The van der Waals surface area contributed by atoms with Gasteiger partial charge in [0, 0.05) is 10.0 Å². The molecule has 0 radical (unpaired) electrons. The molecule has 1 nitrogen and oxygen atoms in total. The van der Waals surface area contributed by atoms with Crippen molar-refractivity contribution in [2.75, 3.05) is 0 Å². The number of rotatable bonds is 2. The average Bonchev–Trinajstić information content (AvgIpc) is 2.35. The van der Waals surface area contributed by atoms with Gasteiger partial charge in [0.05, 0.1) is 5.02 Å². The number of aliphatic hydroxyl groups excluding tert-OH is 1. The van der Waals surface area contributed by atoms with Crippen molar-refractivity contribution in [1.82, 2.24) is 0 Å². The van der Waals surface area contributed by atoms with E-state index < -0.39 is 17.7 Å². The van der Waals surface area contributed by atoms with Crippen molar-refractivity contribution >= 4 is 27.5 Å². The summed E-state index contributed by atoms with van der Waals surface area (Å²) in [7, 11) is 0. The van der Waals surface area contributed by atoms with Gasteiger partial charge in [0.2, 0.25) is 0 Å². The molecule has 2 aromatic rings. The molecule has 1 atom stereocenters. The van der Waals surface area contributed by atoms with Crippen LogP contribution in [0.15, 0.2) is 40.9 Å². The Morgan fingerprint density at radius 2 is 1.89 bits per heavy atom. The zero-order chi connectivity index (χ0) is 13.3. The van der Waals surface area contributed by atoms with Crippen LogP contribution in [-0.4, -0.2) is 5.11 Å². The quantitative estimate of drug-likeness (QED) is 0.860. The lowest BCUT2D eigenvalue weighted by Gasteiger charge is -2.13. The second-order valence-electron chi connectivity index (χ2n) is 3.72. The second-order valence-corrected chi connectivity index (χ2v) is 4.98. The van der Waals surface area contributed by atoms with Crippen LogP contribution in [0.1, 0.15) is 17.2 Å². The Balaban J connectivity index is 2.44. The minimum absolute atomic E-state index is 0.107. The predicted molar refractivity (Wildman–Crippen MR) is 69.6 cm³/mol. The molecule has 2 aromatic carbocycles. The first-order chi connectivity index (χ1) is 8.50. The highest BCUT2D eigenvalue weighted by molar-refractivity contribution is 9.10. The smallest absolute Gasteiger partial charge is 0.164 e. The van der Waals surface area contributed by atoms with Crippen LogP contribution in [0.5, 0.6) is 0 Å². The Morgan fingerprint density at radius 1 is 1.17 bits per heavy atom. The van der Waals surface area contributed by atoms with Crippen molar-refractivity contribution < 1.29 is 13.9 Å². The lowest BCUT2D eigenvalue weighted by Crippen LogP contribution is -2.04. The molecule has 1 N–H and O–H groups in total. The second kappa shape index (κ2) is 5.34. The van der Waals surface area contributed by atoms with Crippen molar-refractivity contribution in [3.05, 3.63) is 68.7 Å². The van der Waals surface area contributed by atoms with Crippen molar-refractivity contribution in [3.63, 3.8) is 0 Å². The molecule has 0 saturated heterocycles. The predicted octanol–water partition coefficient (Wildman–Crippen LogP) is 4.46. The molecule has 94 valence electrons. The molecule has 0 aliphatic heterocycles. The van der Waals surface area contributed by atoms with Crippen molar-refractivity contribution in [1.29, 1.82) is 0 Å². The topological polar surface area (TPSA) is 20.2 Å². The number of halogens is 4. The summed E-state index contributed by atoms with van der Waals surface area (Å²) in [6.07, 6.45) is -1.24. The van der Waals surface area contributed by atoms with E-state index in [1.807, 2.05) is 0 Å². The molecule has 18 heavy (non-hydrogen) atoms. The Labute approximate surface area is 116 Å². The van der Waals surface area contributed by atoms with Gasteiger partial charge in [0.1, 0.15) is 6.10 Å². The standard InChI is InChI=1S/C13H8BrClF2O/c14-9-6-7(4-5-10(9)15)13(18)8-2-1-3-11(16)12(8)17/h1-6,13,18H. The summed E-state index contributed by atoms with van der Waals surface area (Å²) < 4.78 is 27.2. The fraction of sp³-hybridized carbons (Fsp3) is 0.0769. The van der Waals surface area contributed by atoms with Crippen molar-refractivity contribution in [2.24, 2.45) is 0 Å². The largest absolute Gasteiger partial charge is 0.384 e. The van der Waals surface area contributed by atoms with Crippen molar-refractivity contribution in [2.45, 2.75) is 6.10 Å². The van der Waals surface area contributed by atoms with E-state index in [9.17, 15) is 13.9 Å². The van der Waals surface area contributed by atoms with Gasteiger partial charge in [0.25, 0.3) is 0 Å². The molecule has 0 spiro atoms. The van der Waals surface area contributed by atoms with E-state index in [-0.39, 0.29) is 5.56 Å². The third kappa shape index (κ3) is 2.55. The molecule has 1 unspecified atom stereocenters. The molecule has 0 aromatic heterocycles. The number of hydrogen-bond acceptors (Lipinski definition) is 1. The minimum atomic E-state index is -1.24. The Hall–Kier alpha value is -0.970. The molecule has 0 bridgehead atoms. The van der Waals surface area contributed by atoms with E-state index >= 15 is 0 Å². The van der Waals surface area contributed by atoms with Crippen LogP contribution in [0, 0.1) is 11.6 Å². The summed E-state index contributed by atoms with van der Waals surface area (Å²) in [6.45, 7) is 0. The van der Waals surface area contributed by atoms with Gasteiger partial charge in [-0.2, -0.15) is 0 Å². The molecule has 0 aliphatic rings. The first-order valence-electron chi connectivity index (χ1n) is 5.07. The van der Waals surface area contributed by atoms with Gasteiger partial charge in [-0.3, -0.25) is 0 Å². The normalized spacial score (nSPS) is 12.5. The van der Waals surface area contributed by atoms with Gasteiger partial charge in [-0.1, -0.05) is 29.8 Å². The summed E-state index contributed by atoms with van der Waals surface area (Å²) in [5.74, 6) is -2.03. The first-order valence-corrected chi connectivity index (χ1v) is 6.24. The fourth-order valence-corrected chi connectivity index (χ4v) is 2.11. The molecular weight excluding hydrogens is 325 g/mol. The highest BCUT2D eigenvalue weighted by atomic mass is 79.9. The van der Waals surface area contributed by atoms with E-state index in [1.54, 1.807) is 18.2 Å². The van der Waals surface area contributed by atoms with E-state index in [2.05, 4.69) is 15.9 Å². The highest BCUT2D eigenvalue weighted by Crippen LogP contribution is 2.30. The van der Waals surface area contributed by atoms with Crippen molar-refractivity contribution in [3.8, 4) is 0 Å². The molecule has 0 aliphatic carbocycles. The number of hydrogen-bond donors (Lipinski definition) is 1. The maximum atomic E-state index is 13.5. The van der Waals surface area contributed by atoms with Gasteiger partial charge in [-0.05, 0) is 39.7 Å². The third-order valence-electron chi connectivity index (χ3n) is 2.54. The zero-order valence-corrected chi connectivity index (χ0v) is 11.3. The molecule has 0 heterocycles. The molecule has 5 heteroatoms. The van der Waals surface area contributed by atoms with Crippen LogP contribution in [0.4, 0.5) is 8.78 Å². The van der Waals surface area contributed by atoms with E-state index in [0.717, 1.165) is 6.07 Å². The van der Waals surface area contributed by atoms with Gasteiger partial charge in [-0.15, -0.1) is 0 Å². The monoisotopic (exact) mass is 332 g/mol. The Kier molecular flexibility index (Phi) is 4.00. The zero-order valence-electron chi connectivity index (χ0n) is 9.00. The SMILES string of the molecule is OC(c1ccc(Cl)c(Br)c1)c1cccc(F)c1F. The maximum Gasteiger partial charge on any atom is 0.164 e. The van der Waals surface area contributed by atoms with Crippen LogP contribution in [0.3, 0.4) is 0 Å². The van der Waals surface area contributed by atoms with Crippen LogP contribution >= 0.6 is 27.5 Å². The van der Waals surface area contributed by atoms with Gasteiger partial charge in [-0.25, -0.2) is 8.78 Å². The fourth-order valence-electron chi connectivity index (χ4n) is 1.59. The van der Waals surface area contributed by atoms with Gasteiger partial charge >= 0.3 is 0 Å². The van der Waals surface area contributed by atoms with Crippen LogP contribution < -0.4 is 0 Å². The highest BCUT2D eigenvalue weighted by Gasteiger charge is 2.18. The number of aliphatic hydroxyl groups is 1. The summed E-state index contributed by atoms with van der Waals surface area (Å²) in [6, 6.07) is 8.39. The molecular formula is C13H8BrClF2O. The summed E-state index contributed by atoms with van der Waals surface area (Å²) in [5.41, 5.74) is 0.319. The third-order valence-corrected chi connectivity index (χ3v) is 3.75. The Morgan fingerprint density at radius 3 is 2.56 bits per heavy atom. The molecule has 0 amide bonds. The lowest BCUT2D eigenvalue weighted by atomic mass is 10.0. The van der Waals surface area contributed by atoms with E-state index in [0.29, 0.717) is 15.1 Å². The van der Waals surface area contributed by atoms with Crippen LogP contribution in [-0.2, 0) is 0 Å². The summed E-state index contributed by atoms with van der Waals surface area (Å²) in [5, 5.41) is 10.5. The van der Waals surface area contributed by atoms with Gasteiger partial charge in [0.15, 0.2) is 11.6 Å². The lowest BCUT2D eigenvalue weighted by molar-refractivity contribution is 0.213.